The minimum Gasteiger partial charge on any atom is -0.394 e. The SMILES string of the molecule is CCCCCCC/C=C\C/C=C\C/C=C\CCCCCCCCCCCCCCCCCCCCCCC(=O)NC(COC1OC(CO)C(OC2OC(CO)C(OC3OC(CO)C(O)C(O)C3O)C(O)C2O)C(O)C1O)C(O)CCCCCCCCCCCCCCCCCCCCCCCCCC. The first-order valence-electron chi connectivity index (χ1n) is 43.2. The lowest BCUT2D eigenvalue weighted by molar-refractivity contribution is -0.379. The number of nitrogens with one attached hydrogen (secondary N) is 1. The standard InChI is InChI=1S/C85H159NO18/c1-3-5-7-9-11-13-15-17-19-21-23-25-27-29-30-31-32-33-34-35-36-37-38-39-41-43-45-47-49-51-53-55-57-59-61-63-73(91)86-68(69(90)62-60-58-56-54-52-50-48-46-44-42-40-28-26-24-22-20-18-16-14-12-10-8-6-4-2)67-99-83-79(97)76(94)81(71(65-88)101-83)104-85-80(98)77(95)82(72(66-89)102-85)103-84-78(96)75(93)74(92)70(64-87)100-84/h15,17,21,23,27,29,68-72,74-85,87-90,92-98H,3-14,16,18-20,22,24-26,28,30-67H2,1-2H3,(H,86,91)/b17-15-,23-21-,29-27-. The number of aliphatic hydroxyl groups is 11. The van der Waals surface area contributed by atoms with Gasteiger partial charge in [-0.25, -0.2) is 0 Å². The van der Waals surface area contributed by atoms with Crippen molar-refractivity contribution in [3.63, 3.8) is 0 Å². The summed E-state index contributed by atoms with van der Waals surface area (Å²) in [5, 5.41) is 121. The second kappa shape index (κ2) is 65.7. The Labute approximate surface area is 631 Å². The van der Waals surface area contributed by atoms with E-state index in [4.69, 9.17) is 28.4 Å². The van der Waals surface area contributed by atoms with Gasteiger partial charge in [0.05, 0.1) is 38.6 Å². The van der Waals surface area contributed by atoms with Crippen molar-refractivity contribution in [2.75, 3.05) is 26.4 Å². The van der Waals surface area contributed by atoms with Crippen molar-refractivity contribution in [3.05, 3.63) is 36.5 Å². The fraction of sp³-hybridized carbons (Fsp3) is 0.918. The maximum Gasteiger partial charge on any atom is 0.220 e. The summed E-state index contributed by atoms with van der Waals surface area (Å²) in [6.45, 7) is 1.85. The summed E-state index contributed by atoms with van der Waals surface area (Å²) in [6, 6.07) is -0.887. The molecule has 3 saturated heterocycles. The zero-order valence-electron chi connectivity index (χ0n) is 65.8. The van der Waals surface area contributed by atoms with Crippen molar-refractivity contribution in [1.82, 2.24) is 5.32 Å². The van der Waals surface area contributed by atoms with Gasteiger partial charge in [0, 0.05) is 6.42 Å². The van der Waals surface area contributed by atoms with Gasteiger partial charge in [-0.15, -0.1) is 0 Å². The van der Waals surface area contributed by atoms with Gasteiger partial charge in [-0.3, -0.25) is 4.79 Å². The Morgan fingerprint density at radius 2 is 0.635 bits per heavy atom. The summed E-state index contributed by atoms with van der Waals surface area (Å²) >= 11 is 0. The van der Waals surface area contributed by atoms with Gasteiger partial charge >= 0.3 is 0 Å². The molecular formula is C85H159NO18. The molecule has 0 aromatic heterocycles. The Kier molecular flexibility index (Phi) is 60.8. The average molecular weight is 1480 g/mol. The Morgan fingerprint density at radius 3 is 0.990 bits per heavy atom. The van der Waals surface area contributed by atoms with Gasteiger partial charge in [0.2, 0.25) is 5.91 Å². The second-order valence-electron chi connectivity index (χ2n) is 31.0. The zero-order valence-corrected chi connectivity index (χ0v) is 65.8. The van der Waals surface area contributed by atoms with Gasteiger partial charge in [-0.05, 0) is 51.4 Å². The number of aliphatic hydroxyl groups excluding tert-OH is 11. The smallest absolute Gasteiger partial charge is 0.220 e. The van der Waals surface area contributed by atoms with Crippen LogP contribution < -0.4 is 5.32 Å². The van der Waals surface area contributed by atoms with Gasteiger partial charge in [-0.2, -0.15) is 0 Å². The summed E-state index contributed by atoms with van der Waals surface area (Å²) in [6.07, 6.45) is 55.3. The maximum absolute atomic E-state index is 13.5. The second-order valence-corrected chi connectivity index (χ2v) is 31.0. The van der Waals surface area contributed by atoms with Gasteiger partial charge in [0.15, 0.2) is 18.9 Å². The number of carbonyl (C=O) groups is 1. The highest BCUT2D eigenvalue weighted by molar-refractivity contribution is 5.76. The Morgan fingerprint density at radius 1 is 0.346 bits per heavy atom. The minimum absolute atomic E-state index is 0.235. The van der Waals surface area contributed by atoms with E-state index in [2.05, 4.69) is 55.6 Å². The first-order chi connectivity index (χ1) is 50.8. The number of allylic oxidation sites excluding steroid dienone is 6. The fourth-order valence-electron chi connectivity index (χ4n) is 14.8. The molecule has 0 bridgehead atoms. The summed E-state index contributed by atoms with van der Waals surface area (Å²) < 4.78 is 34.6. The number of rotatable bonds is 70. The van der Waals surface area contributed by atoms with Crippen LogP contribution in [0, 0.1) is 0 Å². The number of ether oxygens (including phenoxy) is 6. The molecule has 3 rings (SSSR count). The molecule has 3 fully saturated rings. The van der Waals surface area contributed by atoms with E-state index in [0.29, 0.717) is 12.8 Å². The van der Waals surface area contributed by atoms with E-state index in [1.807, 2.05) is 0 Å². The minimum atomic E-state index is -1.97. The molecule has 12 N–H and O–H groups in total. The molecule has 0 aromatic rings. The van der Waals surface area contributed by atoms with E-state index >= 15 is 0 Å². The molecule has 17 unspecified atom stereocenters. The molecule has 3 aliphatic rings. The van der Waals surface area contributed by atoms with E-state index in [-0.39, 0.29) is 18.9 Å². The van der Waals surface area contributed by atoms with Crippen LogP contribution in [0.2, 0.25) is 0 Å². The quantitative estimate of drug-likeness (QED) is 0.0199. The molecule has 612 valence electrons. The summed E-state index contributed by atoms with van der Waals surface area (Å²) in [7, 11) is 0. The normalized spacial score (nSPS) is 26.0. The van der Waals surface area contributed by atoms with Crippen molar-refractivity contribution >= 4 is 5.91 Å². The maximum atomic E-state index is 13.5. The van der Waals surface area contributed by atoms with Crippen molar-refractivity contribution < 1.29 is 89.4 Å². The number of unbranched alkanes of at least 4 members (excludes halogenated alkanes) is 48. The lowest BCUT2D eigenvalue weighted by Gasteiger charge is -2.48. The van der Waals surface area contributed by atoms with Gasteiger partial charge in [-0.1, -0.05) is 346 Å². The highest BCUT2D eigenvalue weighted by atomic mass is 16.8. The summed E-state index contributed by atoms with van der Waals surface area (Å²) in [4.78, 5) is 13.5. The van der Waals surface area contributed by atoms with Crippen LogP contribution >= 0.6 is 0 Å². The molecule has 3 heterocycles. The monoisotopic (exact) mass is 1480 g/mol. The predicted molar refractivity (Wildman–Crippen MR) is 416 cm³/mol. The fourth-order valence-corrected chi connectivity index (χ4v) is 14.8. The van der Waals surface area contributed by atoms with Crippen LogP contribution in [-0.2, 0) is 33.2 Å². The third-order valence-electron chi connectivity index (χ3n) is 21.7. The molecule has 19 heteroatoms. The van der Waals surface area contributed by atoms with Crippen molar-refractivity contribution in [1.29, 1.82) is 0 Å². The number of hydrogen-bond donors (Lipinski definition) is 12. The topological polar surface area (TPSA) is 307 Å². The van der Waals surface area contributed by atoms with E-state index in [9.17, 15) is 61.0 Å². The number of amides is 1. The summed E-state index contributed by atoms with van der Waals surface area (Å²) in [5.74, 6) is -0.235. The number of hydrogen-bond acceptors (Lipinski definition) is 18. The van der Waals surface area contributed by atoms with E-state index in [1.165, 1.54) is 276 Å². The van der Waals surface area contributed by atoms with Gasteiger partial charge in [0.1, 0.15) is 73.2 Å². The molecule has 0 aliphatic carbocycles. The Balaban J connectivity index is 1.33. The lowest BCUT2D eigenvalue weighted by atomic mass is 9.96. The molecular weight excluding hydrogens is 1320 g/mol. The molecule has 1 amide bonds. The Hall–Kier alpha value is -1.99. The van der Waals surface area contributed by atoms with Crippen molar-refractivity contribution in [2.24, 2.45) is 0 Å². The molecule has 0 saturated carbocycles. The van der Waals surface area contributed by atoms with E-state index in [1.54, 1.807) is 0 Å². The number of carbonyl (C=O) groups excluding carboxylic acids is 1. The van der Waals surface area contributed by atoms with Crippen molar-refractivity contribution in [3.8, 4) is 0 Å². The molecule has 17 atom stereocenters. The first-order valence-corrected chi connectivity index (χ1v) is 43.2. The van der Waals surface area contributed by atoms with Crippen LogP contribution in [0.15, 0.2) is 36.5 Å². The zero-order chi connectivity index (χ0) is 75.3. The predicted octanol–water partition coefficient (Wildman–Crippen LogP) is 15.5. The first kappa shape index (κ1) is 96.2. The lowest BCUT2D eigenvalue weighted by Crippen LogP contribution is -2.66. The highest BCUT2D eigenvalue weighted by Crippen LogP contribution is 2.34. The van der Waals surface area contributed by atoms with Gasteiger partial charge < -0.3 is 89.9 Å². The molecule has 0 aromatic carbocycles. The van der Waals surface area contributed by atoms with Crippen molar-refractivity contribution in [2.45, 2.75) is 471 Å². The van der Waals surface area contributed by atoms with Crippen LogP contribution in [0.25, 0.3) is 0 Å². The molecule has 0 spiro atoms. The van der Waals surface area contributed by atoms with Crippen LogP contribution in [0.5, 0.6) is 0 Å². The van der Waals surface area contributed by atoms with Crippen LogP contribution in [0.3, 0.4) is 0 Å². The Bertz CT molecular complexity index is 2020. The largest absolute Gasteiger partial charge is 0.394 e. The third-order valence-corrected chi connectivity index (χ3v) is 21.7. The third kappa shape index (κ3) is 44.8. The molecule has 19 nitrogen and oxygen atoms in total. The van der Waals surface area contributed by atoms with E-state index in [0.717, 1.165) is 57.8 Å². The van der Waals surface area contributed by atoms with E-state index < -0.39 is 124 Å². The molecule has 0 radical (unpaired) electrons. The van der Waals surface area contributed by atoms with Crippen LogP contribution in [0.4, 0.5) is 0 Å². The highest BCUT2D eigenvalue weighted by Gasteiger charge is 2.54. The van der Waals surface area contributed by atoms with Crippen LogP contribution in [0.1, 0.15) is 367 Å². The molecule has 104 heavy (non-hydrogen) atoms. The molecule has 3 aliphatic heterocycles. The van der Waals surface area contributed by atoms with Crippen LogP contribution in [-0.4, -0.2) is 193 Å². The summed E-state index contributed by atoms with van der Waals surface area (Å²) in [5.41, 5.74) is 0. The average Bonchev–Trinajstić information content (AvgIpc) is 0.783. The van der Waals surface area contributed by atoms with Gasteiger partial charge in [0.25, 0.3) is 0 Å².